The zero-order valence-electron chi connectivity index (χ0n) is 12.1. The van der Waals surface area contributed by atoms with Crippen LogP contribution in [0.1, 0.15) is 49.8 Å². The van der Waals surface area contributed by atoms with E-state index in [-0.39, 0.29) is 18.3 Å². The maximum absolute atomic E-state index is 12.6. The Hall–Kier alpha value is -1.07. The van der Waals surface area contributed by atoms with E-state index in [1.807, 2.05) is 0 Å². The molecule has 1 aromatic carbocycles. The molecule has 2 rings (SSSR count). The van der Waals surface area contributed by atoms with Crippen LogP contribution in [-0.2, 0) is 10.9 Å². The molecule has 118 valence electrons. The molecule has 0 aliphatic heterocycles. The van der Waals surface area contributed by atoms with Gasteiger partial charge in [0.25, 0.3) is 0 Å². The van der Waals surface area contributed by atoms with Crippen LogP contribution < -0.4 is 0 Å². The summed E-state index contributed by atoms with van der Waals surface area (Å²) in [4.78, 5) is 0. The number of rotatable bonds is 4. The van der Waals surface area contributed by atoms with E-state index < -0.39 is 17.8 Å². The third kappa shape index (κ3) is 4.71. The molecule has 2 nitrogen and oxygen atoms in total. The predicted octanol–water partition coefficient (Wildman–Crippen LogP) is 4.33. The lowest BCUT2D eigenvalue weighted by molar-refractivity contribution is -0.137. The van der Waals surface area contributed by atoms with Crippen molar-refractivity contribution in [2.24, 2.45) is 5.92 Å². The summed E-state index contributed by atoms with van der Waals surface area (Å²) in [6.45, 7) is 2.24. The average Bonchev–Trinajstić information content (AvgIpc) is 2.45. The maximum Gasteiger partial charge on any atom is 0.416 e. The van der Waals surface area contributed by atoms with Gasteiger partial charge in [-0.15, -0.1) is 0 Å². The van der Waals surface area contributed by atoms with Gasteiger partial charge in [-0.2, -0.15) is 13.2 Å². The van der Waals surface area contributed by atoms with Crippen molar-refractivity contribution >= 4 is 0 Å². The van der Waals surface area contributed by atoms with Crippen molar-refractivity contribution < 1.29 is 23.0 Å². The SMILES string of the molecule is CC1CCC(OCC(O)c2cccc(C(F)(F)F)c2)CC1. The first-order valence-electron chi connectivity index (χ1n) is 7.33. The van der Waals surface area contributed by atoms with Crippen molar-refractivity contribution in [3.63, 3.8) is 0 Å². The Morgan fingerprint density at radius 1 is 1.24 bits per heavy atom. The molecule has 1 fully saturated rings. The first kappa shape index (κ1) is 16.3. The molecule has 0 spiro atoms. The van der Waals surface area contributed by atoms with Gasteiger partial charge in [-0.3, -0.25) is 0 Å². The zero-order chi connectivity index (χ0) is 15.5. The molecule has 0 radical (unpaired) electrons. The minimum absolute atomic E-state index is 0.0420. The van der Waals surface area contributed by atoms with Gasteiger partial charge in [-0.05, 0) is 49.3 Å². The first-order chi connectivity index (χ1) is 9.86. The van der Waals surface area contributed by atoms with Crippen LogP contribution in [0.25, 0.3) is 0 Å². The van der Waals surface area contributed by atoms with Gasteiger partial charge in [0.2, 0.25) is 0 Å². The van der Waals surface area contributed by atoms with Gasteiger partial charge >= 0.3 is 6.18 Å². The van der Waals surface area contributed by atoms with Crippen molar-refractivity contribution in [2.75, 3.05) is 6.61 Å². The predicted molar refractivity (Wildman–Crippen MR) is 73.8 cm³/mol. The Morgan fingerprint density at radius 3 is 2.52 bits per heavy atom. The van der Waals surface area contributed by atoms with Crippen molar-refractivity contribution in [2.45, 2.75) is 51.0 Å². The molecule has 1 aromatic rings. The normalized spacial score (nSPS) is 24.8. The standard InChI is InChI=1S/C16H21F3O2/c1-11-5-7-14(8-6-11)21-10-15(20)12-3-2-4-13(9-12)16(17,18)19/h2-4,9,11,14-15,20H,5-8,10H2,1H3. The number of alkyl halides is 3. The number of ether oxygens (including phenoxy) is 1. The third-order valence-corrected chi connectivity index (χ3v) is 4.05. The summed E-state index contributed by atoms with van der Waals surface area (Å²) in [7, 11) is 0. The maximum atomic E-state index is 12.6. The molecule has 1 atom stereocenters. The highest BCUT2D eigenvalue weighted by Crippen LogP contribution is 2.31. The van der Waals surface area contributed by atoms with Crippen molar-refractivity contribution in [1.82, 2.24) is 0 Å². The molecule has 0 heterocycles. The summed E-state index contributed by atoms with van der Waals surface area (Å²) in [5, 5.41) is 10.0. The molecule has 1 aliphatic rings. The van der Waals surface area contributed by atoms with Gasteiger partial charge in [0.1, 0.15) is 6.10 Å². The van der Waals surface area contributed by atoms with Crippen molar-refractivity contribution in [1.29, 1.82) is 0 Å². The fourth-order valence-electron chi connectivity index (χ4n) is 2.64. The third-order valence-electron chi connectivity index (χ3n) is 4.05. The number of aliphatic hydroxyl groups is 1. The molecule has 0 aromatic heterocycles. The van der Waals surface area contributed by atoms with Gasteiger partial charge in [0.05, 0.1) is 18.3 Å². The van der Waals surface area contributed by atoms with Gasteiger partial charge in [-0.1, -0.05) is 19.1 Å². The van der Waals surface area contributed by atoms with Crippen molar-refractivity contribution in [3.8, 4) is 0 Å². The molecule has 5 heteroatoms. The van der Waals surface area contributed by atoms with Crippen LogP contribution in [0.15, 0.2) is 24.3 Å². The van der Waals surface area contributed by atoms with E-state index in [1.54, 1.807) is 0 Å². The summed E-state index contributed by atoms with van der Waals surface area (Å²) >= 11 is 0. The lowest BCUT2D eigenvalue weighted by atomic mass is 9.89. The molecule has 1 saturated carbocycles. The van der Waals surface area contributed by atoms with E-state index in [2.05, 4.69) is 6.92 Å². The molecular weight excluding hydrogens is 281 g/mol. The van der Waals surface area contributed by atoms with Crippen molar-refractivity contribution in [3.05, 3.63) is 35.4 Å². The molecule has 1 N–H and O–H groups in total. The van der Waals surface area contributed by atoms with Crippen LogP contribution >= 0.6 is 0 Å². The summed E-state index contributed by atoms with van der Waals surface area (Å²) in [6, 6.07) is 4.78. The number of hydrogen-bond donors (Lipinski definition) is 1. The first-order valence-corrected chi connectivity index (χ1v) is 7.33. The van der Waals surface area contributed by atoms with Crippen LogP contribution in [0.2, 0.25) is 0 Å². The highest BCUT2D eigenvalue weighted by molar-refractivity contribution is 5.27. The quantitative estimate of drug-likeness (QED) is 0.897. The topological polar surface area (TPSA) is 29.5 Å². The summed E-state index contributed by atoms with van der Waals surface area (Å²) in [5.41, 5.74) is -0.500. The number of benzene rings is 1. The van der Waals surface area contributed by atoms with Crippen LogP contribution in [0, 0.1) is 5.92 Å². The van der Waals surface area contributed by atoms with Crippen LogP contribution in [0.5, 0.6) is 0 Å². The van der Waals surface area contributed by atoms with Gasteiger partial charge in [0.15, 0.2) is 0 Å². The Balaban J connectivity index is 1.90. The highest BCUT2D eigenvalue weighted by Gasteiger charge is 2.31. The Labute approximate surface area is 122 Å². The second kappa shape index (κ2) is 6.79. The van der Waals surface area contributed by atoms with E-state index in [0.717, 1.165) is 37.8 Å². The van der Waals surface area contributed by atoms with Crippen LogP contribution in [0.3, 0.4) is 0 Å². The lowest BCUT2D eigenvalue weighted by Crippen LogP contribution is -2.23. The average molecular weight is 302 g/mol. The smallest absolute Gasteiger partial charge is 0.386 e. The van der Waals surface area contributed by atoms with E-state index >= 15 is 0 Å². The summed E-state index contributed by atoms with van der Waals surface area (Å²) in [6.07, 6.45) is -1.19. The Morgan fingerprint density at radius 2 is 1.90 bits per heavy atom. The monoisotopic (exact) mass is 302 g/mol. The second-order valence-electron chi connectivity index (χ2n) is 5.85. The molecular formula is C16H21F3O2. The van der Waals surface area contributed by atoms with E-state index in [9.17, 15) is 18.3 Å². The minimum Gasteiger partial charge on any atom is -0.386 e. The van der Waals surface area contributed by atoms with Gasteiger partial charge < -0.3 is 9.84 Å². The van der Waals surface area contributed by atoms with Crippen LogP contribution in [0.4, 0.5) is 13.2 Å². The molecule has 0 saturated heterocycles. The van der Waals surface area contributed by atoms with E-state index in [4.69, 9.17) is 4.74 Å². The van der Waals surface area contributed by atoms with Crippen LogP contribution in [-0.4, -0.2) is 17.8 Å². The van der Waals surface area contributed by atoms with Gasteiger partial charge in [-0.25, -0.2) is 0 Å². The molecule has 0 amide bonds. The molecule has 1 aliphatic carbocycles. The van der Waals surface area contributed by atoms with E-state index in [0.29, 0.717) is 5.92 Å². The summed E-state index contributed by atoms with van der Waals surface area (Å²) in [5.74, 6) is 0.707. The molecule has 1 unspecified atom stereocenters. The minimum atomic E-state index is -4.39. The molecule has 0 bridgehead atoms. The summed E-state index contributed by atoms with van der Waals surface area (Å²) < 4.78 is 43.5. The lowest BCUT2D eigenvalue weighted by Gasteiger charge is -2.27. The van der Waals surface area contributed by atoms with Gasteiger partial charge in [0, 0.05) is 0 Å². The zero-order valence-corrected chi connectivity index (χ0v) is 12.1. The van der Waals surface area contributed by atoms with E-state index in [1.165, 1.54) is 12.1 Å². The Kier molecular flexibility index (Phi) is 5.27. The molecule has 21 heavy (non-hydrogen) atoms. The largest absolute Gasteiger partial charge is 0.416 e. The fourth-order valence-corrected chi connectivity index (χ4v) is 2.64. The number of halogens is 3. The Bertz CT molecular complexity index is 451. The second-order valence-corrected chi connectivity index (χ2v) is 5.85. The highest BCUT2D eigenvalue weighted by atomic mass is 19.4. The fraction of sp³-hybridized carbons (Fsp3) is 0.625. The number of hydrogen-bond acceptors (Lipinski definition) is 2. The number of aliphatic hydroxyl groups excluding tert-OH is 1.